The van der Waals surface area contributed by atoms with Crippen molar-refractivity contribution in [2.24, 2.45) is 5.18 Å². The molecule has 0 unspecified atom stereocenters. The average molecular weight is 369 g/mol. The topological polar surface area (TPSA) is 74.2 Å². The molecule has 0 aliphatic heterocycles. The Kier molecular flexibility index (Phi) is 11.0. The van der Waals surface area contributed by atoms with Crippen LogP contribution in [0.3, 0.4) is 0 Å². The Labute approximate surface area is 116 Å². The molecular weight excluding hydrogens is 353 g/mol. The number of hydrogen-bond acceptors (Lipinski definition) is 6. The van der Waals surface area contributed by atoms with Gasteiger partial charge in [0.25, 0.3) is 0 Å². The summed E-state index contributed by atoms with van der Waals surface area (Å²) in [7, 11) is 1.40. The fourth-order valence-corrected chi connectivity index (χ4v) is 2.16. The van der Waals surface area contributed by atoms with E-state index < -0.39 is 32.9 Å². The summed E-state index contributed by atoms with van der Waals surface area (Å²) < 4.78 is 8.76. The third kappa shape index (κ3) is 6.90. The van der Waals surface area contributed by atoms with Crippen LogP contribution in [0.5, 0.6) is 0 Å². The van der Waals surface area contributed by atoms with Gasteiger partial charge in [0.1, 0.15) is 6.04 Å². The van der Waals surface area contributed by atoms with Crippen LogP contribution in [0, 0.1) is 17.3 Å². The van der Waals surface area contributed by atoms with E-state index in [2.05, 4.69) is 25.4 Å². The number of halogens is 1. The highest BCUT2D eigenvalue weighted by atomic mass is 127. The molecule has 102 valence electrons. The molecule has 2 atom stereocenters. The number of hydrogen-bond donors (Lipinski definition) is 0. The van der Waals surface area contributed by atoms with E-state index in [0.29, 0.717) is 13.0 Å². The summed E-state index contributed by atoms with van der Waals surface area (Å²) in [5.41, 5.74) is 0. The Morgan fingerprint density at radius 3 is 2.78 bits per heavy atom. The van der Waals surface area contributed by atoms with Gasteiger partial charge >= 0.3 is 0 Å². The minimum absolute atomic E-state index is 0.0816. The summed E-state index contributed by atoms with van der Waals surface area (Å²) >= 11 is -0.913. The Morgan fingerprint density at radius 1 is 1.56 bits per heavy atom. The SMILES string of the molecule is C#CC[C@@H](N=O)[C@@H](OCCCOOC)C(=O)I=C. The van der Waals surface area contributed by atoms with Gasteiger partial charge in [-0.15, -0.1) is 12.3 Å². The van der Waals surface area contributed by atoms with Crippen molar-refractivity contribution in [3.8, 4) is 12.3 Å². The summed E-state index contributed by atoms with van der Waals surface area (Å²) in [5.74, 6) is 2.31. The van der Waals surface area contributed by atoms with Crippen LogP contribution in [0.4, 0.5) is 0 Å². The highest BCUT2D eigenvalue weighted by Gasteiger charge is 2.28. The molecule has 0 amide bonds. The smallest absolute Gasteiger partial charge is 0.217 e. The number of nitroso groups, excluding NO2 is 1. The minimum Gasteiger partial charge on any atom is -0.367 e. The standard InChI is InChI=1S/C11H16INO5/c1-4-6-9(13-15)10(11(14)12-2)17-7-5-8-18-16-3/h1,9-10H,2,5-8H2,3H3/t9-,10-/m1/s1. The van der Waals surface area contributed by atoms with E-state index in [9.17, 15) is 9.70 Å². The van der Waals surface area contributed by atoms with Gasteiger partial charge in [-0.3, -0.25) is 4.79 Å². The lowest BCUT2D eigenvalue weighted by Crippen LogP contribution is -2.33. The van der Waals surface area contributed by atoms with Crippen molar-refractivity contribution in [3.63, 3.8) is 0 Å². The number of carbonyl (C=O) groups excluding carboxylic acids is 1. The van der Waals surface area contributed by atoms with Crippen molar-refractivity contribution in [2.75, 3.05) is 20.3 Å². The van der Waals surface area contributed by atoms with Gasteiger partial charge in [-0.1, -0.05) is 9.69 Å². The molecule has 0 aliphatic carbocycles. The van der Waals surface area contributed by atoms with Crippen LogP contribution in [0.1, 0.15) is 12.8 Å². The molecule has 0 aromatic heterocycles. The normalized spacial score (nSPS) is 13.6. The number of ether oxygens (including phenoxy) is 1. The number of terminal acetylenes is 1. The lowest BCUT2D eigenvalue weighted by Gasteiger charge is -2.17. The number of rotatable bonds is 11. The van der Waals surface area contributed by atoms with Crippen molar-refractivity contribution < 1.29 is 19.3 Å². The van der Waals surface area contributed by atoms with Gasteiger partial charge in [0.05, 0.1) is 20.3 Å². The first kappa shape index (κ1) is 17.3. The maximum Gasteiger partial charge on any atom is 0.217 e. The van der Waals surface area contributed by atoms with E-state index >= 15 is 0 Å². The Balaban J connectivity index is 4.31. The van der Waals surface area contributed by atoms with Crippen LogP contribution in [0.2, 0.25) is 0 Å². The largest absolute Gasteiger partial charge is 0.367 e. The second kappa shape index (κ2) is 11.4. The summed E-state index contributed by atoms with van der Waals surface area (Å²) in [6, 6.07) is -0.840. The molecule has 0 fully saturated rings. The number of carbonyl (C=O) groups is 1. The van der Waals surface area contributed by atoms with Crippen LogP contribution in [0.25, 0.3) is 0 Å². The predicted molar refractivity (Wildman–Crippen MR) is 76.5 cm³/mol. The molecular formula is C11H16INO5. The maximum absolute atomic E-state index is 11.6. The van der Waals surface area contributed by atoms with Gasteiger partial charge in [0.15, 0.2) is 6.10 Å². The average Bonchev–Trinajstić information content (AvgIpc) is 2.40. The molecule has 18 heavy (non-hydrogen) atoms. The first-order chi connectivity index (χ1) is 8.71. The molecule has 0 rings (SSSR count). The van der Waals surface area contributed by atoms with Gasteiger partial charge in [0, 0.05) is 6.42 Å². The molecule has 7 heteroatoms. The zero-order chi connectivity index (χ0) is 13.8. The monoisotopic (exact) mass is 369 g/mol. The van der Waals surface area contributed by atoms with E-state index in [1.165, 1.54) is 7.11 Å². The Morgan fingerprint density at radius 2 is 2.28 bits per heavy atom. The maximum atomic E-state index is 11.6. The second-order valence-electron chi connectivity index (χ2n) is 3.15. The summed E-state index contributed by atoms with van der Waals surface area (Å²) in [4.78, 5) is 31.4. The Hall–Kier alpha value is -0.690. The first-order valence-electron chi connectivity index (χ1n) is 5.16. The molecule has 0 radical (unpaired) electrons. The van der Waals surface area contributed by atoms with Crippen molar-refractivity contribution >= 4 is 29.0 Å². The summed E-state index contributed by atoms with van der Waals surface area (Å²) in [6.07, 6.45) is 4.85. The van der Waals surface area contributed by atoms with Crippen molar-refractivity contribution in [1.29, 1.82) is 0 Å². The van der Waals surface area contributed by atoms with Gasteiger partial charge in [-0.2, -0.15) is 4.91 Å². The van der Waals surface area contributed by atoms with E-state index in [1.54, 1.807) is 0 Å². The third-order valence-corrected chi connectivity index (χ3v) is 3.32. The molecule has 6 nitrogen and oxygen atoms in total. The lowest BCUT2D eigenvalue weighted by molar-refractivity contribution is -0.273. The molecule has 0 saturated carbocycles. The molecule has 0 N–H and O–H groups in total. The molecule has 0 spiro atoms. The van der Waals surface area contributed by atoms with Gasteiger partial charge < -0.3 is 4.74 Å². The minimum atomic E-state index is -0.913. The molecule has 0 aromatic carbocycles. The lowest BCUT2D eigenvalue weighted by atomic mass is 10.1. The van der Waals surface area contributed by atoms with Crippen LogP contribution < -0.4 is 0 Å². The predicted octanol–water partition coefficient (Wildman–Crippen LogP) is 1.43. The molecule has 0 saturated heterocycles. The third-order valence-electron chi connectivity index (χ3n) is 1.95. The van der Waals surface area contributed by atoms with Crippen LogP contribution >= 0.6 is 20.7 Å². The fraction of sp³-hybridized carbons (Fsp3) is 0.636. The van der Waals surface area contributed by atoms with E-state index in [4.69, 9.17) is 11.2 Å². The molecule has 0 bridgehead atoms. The Bertz CT molecular complexity index is 315. The zero-order valence-electron chi connectivity index (χ0n) is 10.1. The van der Waals surface area contributed by atoms with Crippen molar-refractivity contribution in [2.45, 2.75) is 25.0 Å². The van der Waals surface area contributed by atoms with Gasteiger partial charge in [-0.25, -0.2) is 9.78 Å². The van der Waals surface area contributed by atoms with Crippen molar-refractivity contribution in [3.05, 3.63) is 4.91 Å². The number of nitrogens with zero attached hydrogens (tertiary/aromatic N) is 1. The molecule has 0 aliphatic rings. The van der Waals surface area contributed by atoms with Gasteiger partial charge in [-0.05, 0) is 27.2 Å². The van der Waals surface area contributed by atoms with Crippen LogP contribution in [-0.4, -0.2) is 40.8 Å². The summed E-state index contributed by atoms with van der Waals surface area (Å²) in [6.45, 7) is 0.602. The van der Waals surface area contributed by atoms with Crippen molar-refractivity contribution in [1.82, 2.24) is 0 Å². The van der Waals surface area contributed by atoms with E-state index in [1.807, 2.05) is 0 Å². The molecule has 0 aromatic rings. The van der Waals surface area contributed by atoms with Gasteiger partial charge in [0.2, 0.25) is 3.79 Å². The van der Waals surface area contributed by atoms with E-state index in [0.717, 1.165) is 0 Å². The molecule has 0 heterocycles. The highest BCUT2D eigenvalue weighted by Crippen LogP contribution is 2.15. The van der Waals surface area contributed by atoms with E-state index in [-0.39, 0.29) is 16.8 Å². The second-order valence-corrected chi connectivity index (χ2v) is 4.98. The first-order valence-corrected chi connectivity index (χ1v) is 7.77. The fourth-order valence-electron chi connectivity index (χ4n) is 1.14. The van der Waals surface area contributed by atoms with Crippen LogP contribution in [-0.2, 0) is 19.3 Å². The highest BCUT2D eigenvalue weighted by molar-refractivity contribution is 14.2. The quantitative estimate of drug-likeness (QED) is 0.105. The summed E-state index contributed by atoms with van der Waals surface area (Å²) in [5, 5.41) is 2.86. The van der Waals surface area contributed by atoms with Crippen LogP contribution in [0.15, 0.2) is 5.18 Å². The zero-order valence-corrected chi connectivity index (χ0v) is 12.3.